The van der Waals surface area contributed by atoms with E-state index in [1.807, 2.05) is 53.4 Å². The summed E-state index contributed by atoms with van der Waals surface area (Å²) < 4.78 is 5.88. The molecule has 30 heavy (non-hydrogen) atoms. The van der Waals surface area contributed by atoms with Crippen LogP contribution in [0.5, 0.6) is 0 Å². The van der Waals surface area contributed by atoms with Crippen molar-refractivity contribution in [2.24, 2.45) is 0 Å². The Labute approximate surface area is 173 Å². The van der Waals surface area contributed by atoms with Gasteiger partial charge >= 0.3 is 0 Å². The van der Waals surface area contributed by atoms with Gasteiger partial charge in [-0.2, -0.15) is 4.98 Å². The second kappa shape index (κ2) is 7.94. The molecule has 1 amide bonds. The number of hydrogen-bond acceptors (Lipinski definition) is 6. The van der Waals surface area contributed by atoms with Crippen molar-refractivity contribution in [2.45, 2.75) is 25.4 Å². The molecule has 0 radical (unpaired) electrons. The van der Waals surface area contributed by atoms with Crippen molar-refractivity contribution in [3.8, 4) is 11.3 Å². The van der Waals surface area contributed by atoms with Gasteiger partial charge in [-0.15, -0.1) is 0 Å². The van der Waals surface area contributed by atoms with Gasteiger partial charge in [0.2, 0.25) is 5.91 Å². The van der Waals surface area contributed by atoms with Crippen molar-refractivity contribution in [1.82, 2.24) is 20.3 Å². The average molecular weight is 399 g/mol. The molecule has 1 unspecified atom stereocenters. The molecule has 0 aliphatic carbocycles. The highest BCUT2D eigenvalue weighted by molar-refractivity contribution is 5.85. The third kappa shape index (κ3) is 3.61. The number of carbonyl (C=O) groups is 1. The van der Waals surface area contributed by atoms with Crippen LogP contribution < -0.4 is 10.2 Å². The van der Waals surface area contributed by atoms with E-state index in [2.05, 4.69) is 20.3 Å². The minimum Gasteiger partial charge on any atom is -0.423 e. The van der Waals surface area contributed by atoms with Crippen molar-refractivity contribution in [1.29, 1.82) is 0 Å². The summed E-state index contributed by atoms with van der Waals surface area (Å²) in [5.74, 6) is -0.0190. The summed E-state index contributed by atoms with van der Waals surface area (Å²) in [6.07, 6.45) is 6.97. The standard InChI is InChI=1S/C23H21N5O2/c29-22(26-14-16-9-11-25-19(13-16)17-5-3-10-24-15-17)20-7-4-12-28(20)23-27-18-6-1-2-8-21(18)30-23/h1-3,5-6,8-11,13,15,20H,4,7,12,14H2,(H,26,29). The van der Waals surface area contributed by atoms with E-state index in [-0.39, 0.29) is 11.9 Å². The molecule has 1 saturated heterocycles. The molecule has 3 aromatic heterocycles. The monoisotopic (exact) mass is 399 g/mol. The number of rotatable bonds is 5. The third-order valence-electron chi connectivity index (χ3n) is 5.33. The number of nitrogens with one attached hydrogen (secondary N) is 1. The second-order valence-electron chi connectivity index (χ2n) is 7.32. The molecule has 1 atom stereocenters. The lowest BCUT2D eigenvalue weighted by Crippen LogP contribution is -2.43. The summed E-state index contributed by atoms with van der Waals surface area (Å²) in [6, 6.07) is 15.6. The van der Waals surface area contributed by atoms with Crippen LogP contribution in [0.4, 0.5) is 6.01 Å². The van der Waals surface area contributed by atoms with E-state index in [0.717, 1.165) is 47.3 Å². The van der Waals surface area contributed by atoms with Crippen molar-refractivity contribution >= 4 is 23.0 Å². The molecule has 7 nitrogen and oxygen atoms in total. The number of aromatic nitrogens is 3. The van der Waals surface area contributed by atoms with E-state index >= 15 is 0 Å². The predicted octanol–water partition coefficient (Wildman–Crippen LogP) is 3.57. The fraction of sp³-hybridized carbons (Fsp3) is 0.217. The molecule has 1 aliphatic rings. The van der Waals surface area contributed by atoms with E-state index < -0.39 is 0 Å². The first kappa shape index (κ1) is 18.3. The van der Waals surface area contributed by atoms with Crippen LogP contribution in [0.25, 0.3) is 22.4 Å². The lowest BCUT2D eigenvalue weighted by atomic mass is 10.1. The van der Waals surface area contributed by atoms with E-state index in [4.69, 9.17) is 4.42 Å². The van der Waals surface area contributed by atoms with Gasteiger partial charge in [-0.3, -0.25) is 14.8 Å². The number of para-hydroxylation sites is 2. The van der Waals surface area contributed by atoms with Crippen LogP contribution in [-0.2, 0) is 11.3 Å². The number of amides is 1. The Morgan fingerprint density at radius 2 is 2.10 bits per heavy atom. The van der Waals surface area contributed by atoms with E-state index in [1.165, 1.54) is 0 Å². The molecule has 1 fully saturated rings. The number of hydrogen-bond donors (Lipinski definition) is 1. The Morgan fingerprint density at radius 1 is 1.17 bits per heavy atom. The van der Waals surface area contributed by atoms with E-state index in [9.17, 15) is 4.79 Å². The highest BCUT2D eigenvalue weighted by atomic mass is 16.4. The molecule has 4 aromatic rings. The van der Waals surface area contributed by atoms with Crippen LogP contribution >= 0.6 is 0 Å². The van der Waals surface area contributed by atoms with Gasteiger partial charge in [-0.05, 0) is 54.8 Å². The minimum absolute atomic E-state index is 0.0190. The summed E-state index contributed by atoms with van der Waals surface area (Å²) >= 11 is 0. The number of anilines is 1. The smallest absolute Gasteiger partial charge is 0.299 e. The van der Waals surface area contributed by atoms with Crippen LogP contribution in [0, 0.1) is 0 Å². The van der Waals surface area contributed by atoms with Gasteiger partial charge in [0.15, 0.2) is 5.58 Å². The minimum atomic E-state index is -0.280. The number of pyridine rings is 2. The van der Waals surface area contributed by atoms with Gasteiger partial charge in [0.05, 0.1) is 5.69 Å². The molecule has 7 heteroatoms. The number of oxazole rings is 1. The fourth-order valence-corrected chi connectivity index (χ4v) is 3.81. The fourth-order valence-electron chi connectivity index (χ4n) is 3.81. The summed E-state index contributed by atoms with van der Waals surface area (Å²) in [5, 5.41) is 3.06. The largest absolute Gasteiger partial charge is 0.423 e. The van der Waals surface area contributed by atoms with Gasteiger partial charge in [-0.25, -0.2) is 0 Å². The normalized spacial score (nSPS) is 16.1. The van der Waals surface area contributed by atoms with Gasteiger partial charge in [0.25, 0.3) is 6.01 Å². The molecular formula is C23H21N5O2. The lowest BCUT2D eigenvalue weighted by Gasteiger charge is -2.22. The SMILES string of the molecule is O=C(NCc1ccnc(-c2cccnc2)c1)C1CCCN1c1nc2ccccc2o1. The van der Waals surface area contributed by atoms with Gasteiger partial charge in [0.1, 0.15) is 11.6 Å². The molecule has 0 spiro atoms. The number of fused-ring (bicyclic) bond motifs is 1. The highest BCUT2D eigenvalue weighted by Gasteiger charge is 2.33. The predicted molar refractivity (Wildman–Crippen MR) is 114 cm³/mol. The molecule has 1 N–H and O–H groups in total. The van der Waals surface area contributed by atoms with Gasteiger partial charge in [0, 0.05) is 37.2 Å². The van der Waals surface area contributed by atoms with Gasteiger partial charge in [-0.1, -0.05) is 12.1 Å². The van der Waals surface area contributed by atoms with Crippen molar-refractivity contribution in [3.05, 3.63) is 72.7 Å². The Kier molecular flexibility index (Phi) is 4.85. The van der Waals surface area contributed by atoms with Gasteiger partial charge < -0.3 is 14.6 Å². The van der Waals surface area contributed by atoms with Crippen molar-refractivity contribution < 1.29 is 9.21 Å². The highest BCUT2D eigenvalue weighted by Crippen LogP contribution is 2.28. The second-order valence-corrected chi connectivity index (χ2v) is 7.32. The lowest BCUT2D eigenvalue weighted by molar-refractivity contribution is -0.122. The average Bonchev–Trinajstić information content (AvgIpc) is 3.45. The zero-order chi connectivity index (χ0) is 20.3. The first-order valence-electron chi connectivity index (χ1n) is 10.0. The summed E-state index contributed by atoms with van der Waals surface area (Å²) in [5.41, 5.74) is 4.31. The first-order chi connectivity index (χ1) is 14.8. The Morgan fingerprint density at radius 3 is 2.97 bits per heavy atom. The molecular weight excluding hydrogens is 378 g/mol. The summed E-state index contributed by atoms with van der Waals surface area (Å²) in [6.45, 7) is 1.19. The zero-order valence-corrected chi connectivity index (χ0v) is 16.4. The van der Waals surface area contributed by atoms with E-state index in [1.54, 1.807) is 18.6 Å². The molecule has 1 aliphatic heterocycles. The Balaban J connectivity index is 1.28. The molecule has 150 valence electrons. The maximum Gasteiger partial charge on any atom is 0.299 e. The number of nitrogens with zero attached hydrogens (tertiary/aromatic N) is 4. The summed E-state index contributed by atoms with van der Waals surface area (Å²) in [7, 11) is 0. The third-order valence-corrected chi connectivity index (χ3v) is 5.33. The van der Waals surface area contributed by atoms with Crippen molar-refractivity contribution in [2.75, 3.05) is 11.4 Å². The van der Waals surface area contributed by atoms with Crippen LogP contribution in [-0.4, -0.2) is 33.4 Å². The molecule has 5 rings (SSSR count). The quantitative estimate of drug-likeness (QED) is 0.552. The maximum absolute atomic E-state index is 12.9. The molecule has 1 aromatic carbocycles. The Hall–Kier alpha value is -3.74. The zero-order valence-electron chi connectivity index (χ0n) is 16.4. The van der Waals surface area contributed by atoms with Crippen LogP contribution in [0.15, 0.2) is 71.5 Å². The summed E-state index contributed by atoms with van der Waals surface area (Å²) in [4.78, 5) is 28.0. The maximum atomic E-state index is 12.9. The first-order valence-corrected chi connectivity index (χ1v) is 10.0. The topological polar surface area (TPSA) is 84.2 Å². The molecule has 0 saturated carbocycles. The van der Waals surface area contributed by atoms with Crippen molar-refractivity contribution in [3.63, 3.8) is 0 Å². The number of carbonyl (C=O) groups excluding carboxylic acids is 1. The van der Waals surface area contributed by atoms with Crippen LogP contribution in [0.2, 0.25) is 0 Å². The molecule has 4 heterocycles. The number of benzene rings is 1. The Bertz CT molecular complexity index is 1140. The van der Waals surface area contributed by atoms with E-state index in [0.29, 0.717) is 12.6 Å². The van der Waals surface area contributed by atoms with Crippen LogP contribution in [0.3, 0.4) is 0 Å². The van der Waals surface area contributed by atoms with Crippen LogP contribution in [0.1, 0.15) is 18.4 Å². The molecule has 0 bridgehead atoms.